The van der Waals surface area contributed by atoms with Crippen LogP contribution in [0.2, 0.25) is 0 Å². The van der Waals surface area contributed by atoms with Crippen LogP contribution in [0.1, 0.15) is 169 Å². The van der Waals surface area contributed by atoms with Gasteiger partial charge in [-0.3, -0.25) is 38.9 Å². The summed E-state index contributed by atoms with van der Waals surface area (Å²) in [4.78, 5) is 86.2. The number of halogens is 3. The Morgan fingerprint density at radius 1 is 0.822 bits per heavy atom. The number of likely N-dealkylation sites (tertiary alicyclic amines) is 2. The third-order valence-corrected chi connectivity index (χ3v) is 19.4. The molecule has 0 spiro atoms. The number of amides is 5. The zero-order valence-corrected chi connectivity index (χ0v) is 50.9. The molecule has 1 saturated carbocycles. The summed E-state index contributed by atoms with van der Waals surface area (Å²) in [6, 6.07) is 19.5. The molecule has 6 aliphatic rings. The number of fused-ring (bicyclic) bond motifs is 2. The fourth-order valence-electron chi connectivity index (χ4n) is 14.5. The van der Waals surface area contributed by atoms with Crippen LogP contribution in [0.25, 0.3) is 10.9 Å². The van der Waals surface area contributed by atoms with Gasteiger partial charge in [0.15, 0.2) is 17.7 Å². The van der Waals surface area contributed by atoms with E-state index in [2.05, 4.69) is 58.1 Å². The molecule has 24 heteroatoms. The van der Waals surface area contributed by atoms with Crippen molar-refractivity contribution >= 4 is 69.1 Å². The first-order valence-corrected chi connectivity index (χ1v) is 31.8. The summed E-state index contributed by atoms with van der Waals surface area (Å²) in [5, 5.41) is 40.4. The number of piperidine rings is 4. The standard InChI is InChI=1S/C66H79F3N14O7/c1-65(2,90)48-33-51-43(32-52(48)75-61(86)50-10-7-11-54(74-50)66(67,68)69)38-82(78-51)46-18-12-39(13-19-46)36-79-28-24-42(25-29-79)44(34-71-49-9-6-8-47-57(49)64(89)83(63(47)88)53-20-21-56(84)77-62(53)87)37-80-30-22-41(23-31-80)40-14-16-45(17-15-40)73-60-58(59(70)85)72-35-55(76-60)81-26-4-3-5-27-81/h6-11,14-17,32-33,35,38-39,41-42,44,46,53,63,71,88,90H,3-5,12-13,18-31,34,36-37H2,1-2H3,(H2,70,85)(H,73,76)(H,75,86)(H,77,84,87)/t39-,44?,46-,53?,63?. The summed E-state index contributed by atoms with van der Waals surface area (Å²) in [6.45, 7) is 11.1. The smallest absolute Gasteiger partial charge is 0.386 e. The first kappa shape index (κ1) is 62.1. The van der Waals surface area contributed by atoms with Crippen LogP contribution in [-0.2, 0) is 21.4 Å². The number of nitrogens with two attached hydrogens (primary N) is 1. The minimum absolute atomic E-state index is 0.0767. The Balaban J connectivity index is 0.682. The summed E-state index contributed by atoms with van der Waals surface area (Å²) in [5.74, 6) is -0.380. The molecule has 0 bridgehead atoms. The van der Waals surface area contributed by atoms with Gasteiger partial charge < -0.3 is 46.6 Å². The summed E-state index contributed by atoms with van der Waals surface area (Å²) in [7, 11) is 0. The number of rotatable bonds is 18. The Kier molecular flexibility index (Phi) is 18.0. The van der Waals surface area contributed by atoms with E-state index in [0.717, 1.165) is 146 Å². The largest absolute Gasteiger partial charge is 0.433 e. The number of primary amides is 1. The maximum Gasteiger partial charge on any atom is 0.433 e. The molecular formula is C66H79F3N14O7. The van der Waals surface area contributed by atoms with E-state index in [1.807, 2.05) is 35.1 Å². The van der Waals surface area contributed by atoms with Gasteiger partial charge >= 0.3 is 6.18 Å². The van der Waals surface area contributed by atoms with Gasteiger partial charge in [0.25, 0.3) is 17.7 Å². The maximum absolute atomic E-state index is 14.2. The maximum atomic E-state index is 14.2. The molecule has 21 nitrogen and oxygen atoms in total. The average Bonchev–Trinajstić information content (AvgIpc) is 1.67. The van der Waals surface area contributed by atoms with Gasteiger partial charge in [0.1, 0.15) is 23.2 Å². The average molecular weight is 1240 g/mol. The second kappa shape index (κ2) is 26.0. The highest BCUT2D eigenvalue weighted by molar-refractivity contribution is 6.08. The van der Waals surface area contributed by atoms with E-state index in [4.69, 9.17) is 15.8 Å². The van der Waals surface area contributed by atoms with Crippen molar-refractivity contribution in [1.82, 2.24) is 44.7 Å². The van der Waals surface area contributed by atoms with E-state index >= 15 is 0 Å². The SMILES string of the molecule is CC(C)(O)c1cc2nn([C@H]3CC[C@H](CN4CCC(C(CNc5cccc6c5C(=O)N(C5CCC(=O)NC5=O)C6O)CN5CCC(c6ccc(Nc7nc(N8CCCCC8)cnc7C(N)=O)cc6)CC5)CC4)CC3)cc2cc1NC(=O)c1cccc(C(F)(F)F)n1. The van der Waals surface area contributed by atoms with Crippen LogP contribution in [-0.4, -0.2) is 144 Å². The Hall–Kier alpha value is -8.06. The summed E-state index contributed by atoms with van der Waals surface area (Å²) >= 11 is 0. The van der Waals surface area contributed by atoms with Gasteiger partial charge in [-0.05, 0) is 189 Å². The number of benzene rings is 3. The normalized spacial score (nSPS) is 22.1. The van der Waals surface area contributed by atoms with Crippen LogP contribution in [0.4, 0.5) is 41.9 Å². The lowest BCUT2D eigenvalue weighted by molar-refractivity contribution is -0.141. The topological polar surface area (TPSA) is 269 Å². The van der Waals surface area contributed by atoms with Crippen molar-refractivity contribution in [3.05, 3.63) is 125 Å². The van der Waals surface area contributed by atoms with E-state index in [-0.39, 0.29) is 36.2 Å². The number of hydrogen-bond acceptors (Lipinski definition) is 16. The van der Waals surface area contributed by atoms with E-state index in [1.165, 1.54) is 23.0 Å². The minimum atomic E-state index is -4.72. The molecule has 0 radical (unpaired) electrons. The number of hydrogen-bond donors (Lipinski definition) is 7. The molecule has 12 rings (SSSR count). The van der Waals surface area contributed by atoms with Crippen LogP contribution in [0.5, 0.6) is 0 Å². The number of pyridine rings is 1. The highest BCUT2D eigenvalue weighted by Crippen LogP contribution is 2.42. The number of aliphatic hydroxyl groups is 2. The zero-order chi connectivity index (χ0) is 63.0. The van der Waals surface area contributed by atoms with Gasteiger partial charge in [-0.1, -0.05) is 30.3 Å². The molecule has 3 unspecified atom stereocenters. The Morgan fingerprint density at radius 3 is 2.24 bits per heavy atom. The lowest BCUT2D eigenvalue weighted by atomic mass is 9.81. The molecule has 1 aliphatic carbocycles. The molecule has 3 atom stereocenters. The highest BCUT2D eigenvalue weighted by Gasteiger charge is 2.46. The number of anilines is 5. The van der Waals surface area contributed by atoms with Crippen molar-refractivity contribution in [3.63, 3.8) is 0 Å². The van der Waals surface area contributed by atoms with Gasteiger partial charge in [0, 0.05) is 78.9 Å². The predicted molar refractivity (Wildman–Crippen MR) is 333 cm³/mol. The fraction of sp³-hybridized carbons (Fsp3) is 0.500. The molecule has 5 amide bonds. The molecule has 6 aromatic rings. The summed E-state index contributed by atoms with van der Waals surface area (Å²) in [6.07, 6.45) is 8.90. The Bertz CT molecular complexity index is 3640. The molecule has 3 aromatic carbocycles. The van der Waals surface area contributed by atoms with E-state index in [0.29, 0.717) is 58.0 Å². The Labute approximate surface area is 520 Å². The second-order valence-corrected chi connectivity index (χ2v) is 25.9. The number of carbonyl (C=O) groups is 5. The first-order chi connectivity index (χ1) is 43.2. The molecule has 5 fully saturated rings. The van der Waals surface area contributed by atoms with Crippen molar-refractivity contribution in [2.75, 3.05) is 79.8 Å². The molecule has 5 aliphatic heterocycles. The minimum Gasteiger partial charge on any atom is -0.386 e. The van der Waals surface area contributed by atoms with Crippen molar-refractivity contribution in [1.29, 1.82) is 0 Å². The number of carbonyl (C=O) groups excluding carboxylic acids is 5. The number of imide groups is 1. The summed E-state index contributed by atoms with van der Waals surface area (Å²) < 4.78 is 42.3. The van der Waals surface area contributed by atoms with Crippen LogP contribution in [0.3, 0.4) is 0 Å². The van der Waals surface area contributed by atoms with Gasteiger partial charge in [0.05, 0.1) is 28.9 Å². The number of nitrogens with zero attached hydrogens (tertiary/aromatic N) is 9. The zero-order valence-electron chi connectivity index (χ0n) is 50.9. The van der Waals surface area contributed by atoms with Gasteiger partial charge in [-0.25, -0.2) is 15.0 Å². The fourth-order valence-corrected chi connectivity index (χ4v) is 14.5. The number of aliphatic hydroxyl groups excluding tert-OH is 1. The highest BCUT2D eigenvalue weighted by atomic mass is 19.4. The molecule has 3 aromatic heterocycles. The van der Waals surface area contributed by atoms with E-state index in [9.17, 15) is 47.4 Å². The monoisotopic (exact) mass is 1240 g/mol. The van der Waals surface area contributed by atoms with Crippen molar-refractivity contribution in [3.8, 4) is 0 Å². The predicted octanol–water partition coefficient (Wildman–Crippen LogP) is 8.86. The lowest BCUT2D eigenvalue weighted by Crippen LogP contribution is -2.53. The number of nitrogens with one attached hydrogen (secondary N) is 4. The van der Waals surface area contributed by atoms with Crippen LogP contribution in [0, 0.1) is 17.8 Å². The third kappa shape index (κ3) is 13.7. The van der Waals surface area contributed by atoms with Crippen molar-refractivity contribution in [2.24, 2.45) is 23.5 Å². The van der Waals surface area contributed by atoms with Gasteiger partial charge in [-0.15, -0.1) is 0 Å². The lowest BCUT2D eigenvalue weighted by Gasteiger charge is -2.41. The first-order valence-electron chi connectivity index (χ1n) is 31.8. The molecular weight excluding hydrogens is 1160 g/mol. The third-order valence-electron chi connectivity index (χ3n) is 19.4. The molecule has 4 saturated heterocycles. The number of aromatic nitrogens is 5. The molecule has 90 heavy (non-hydrogen) atoms. The van der Waals surface area contributed by atoms with Crippen LogP contribution in [0.15, 0.2) is 85.2 Å². The van der Waals surface area contributed by atoms with Crippen LogP contribution < -0.4 is 31.9 Å². The van der Waals surface area contributed by atoms with Gasteiger partial charge in [-0.2, -0.15) is 18.3 Å². The number of alkyl halides is 3. The van der Waals surface area contributed by atoms with Crippen LogP contribution >= 0.6 is 0 Å². The van der Waals surface area contributed by atoms with Gasteiger partial charge in [0.2, 0.25) is 11.8 Å². The van der Waals surface area contributed by atoms with Crippen molar-refractivity contribution in [2.45, 2.75) is 133 Å². The second-order valence-electron chi connectivity index (χ2n) is 25.9. The van der Waals surface area contributed by atoms with E-state index in [1.54, 1.807) is 38.2 Å². The quantitative estimate of drug-likeness (QED) is 0.0396. The molecule has 8 heterocycles. The molecule has 8 N–H and O–H groups in total. The molecule has 476 valence electrons. The summed E-state index contributed by atoms with van der Waals surface area (Å²) in [5.41, 5.74) is 7.51. The van der Waals surface area contributed by atoms with E-state index < -0.39 is 65.0 Å². The van der Waals surface area contributed by atoms with Crippen molar-refractivity contribution < 1.29 is 47.4 Å². The Morgan fingerprint density at radius 2 is 1.54 bits per heavy atom.